The minimum Gasteiger partial charge on any atom is -0.462 e. The van der Waals surface area contributed by atoms with E-state index in [-0.39, 0.29) is 5.01 Å². The molecule has 0 spiro atoms. The maximum absolute atomic E-state index is 11.9. The molecule has 0 amide bonds. The Balaban J connectivity index is 3.53. The molecule has 0 bridgehead atoms. The molecule has 1 rings (SSSR count). The van der Waals surface area contributed by atoms with E-state index >= 15 is 0 Å². The van der Waals surface area contributed by atoms with Crippen molar-refractivity contribution in [3.8, 4) is 0 Å². The molecule has 12 heteroatoms. The highest BCUT2D eigenvalue weighted by molar-refractivity contribution is 7.09. The molecule has 0 radical (unpaired) electrons. The second-order valence-electron chi connectivity index (χ2n) is 6.46. The minimum atomic E-state index is -1.49. The molecule has 172 valence electrons. The second kappa shape index (κ2) is 12.0. The molecule has 31 heavy (non-hydrogen) atoms. The number of aryl methyl sites for hydroxylation is 1. The van der Waals surface area contributed by atoms with Crippen LogP contribution in [0.1, 0.15) is 51.4 Å². The van der Waals surface area contributed by atoms with Crippen molar-refractivity contribution in [1.82, 2.24) is 4.98 Å². The van der Waals surface area contributed by atoms with Gasteiger partial charge >= 0.3 is 29.8 Å². The summed E-state index contributed by atoms with van der Waals surface area (Å²) >= 11 is 1.12. The van der Waals surface area contributed by atoms with Gasteiger partial charge in [0, 0.05) is 45.7 Å². The van der Waals surface area contributed by atoms with Crippen LogP contribution in [0.25, 0.3) is 0 Å². The Morgan fingerprint density at radius 2 is 1.32 bits per heavy atom. The van der Waals surface area contributed by atoms with Crippen LogP contribution in [0.15, 0.2) is 5.38 Å². The molecule has 1 aromatic rings. The van der Waals surface area contributed by atoms with E-state index in [1.165, 1.54) is 0 Å². The van der Waals surface area contributed by atoms with Crippen LogP contribution in [0.4, 0.5) is 0 Å². The topological polar surface area (TPSA) is 144 Å². The van der Waals surface area contributed by atoms with Crippen LogP contribution in [0.2, 0.25) is 0 Å². The normalized spacial score (nSPS) is 14.4. The van der Waals surface area contributed by atoms with Crippen molar-refractivity contribution in [2.45, 2.75) is 66.0 Å². The van der Waals surface area contributed by atoms with Gasteiger partial charge in [0.05, 0.1) is 0 Å². The summed E-state index contributed by atoms with van der Waals surface area (Å²) < 4.78 is 26.1. The van der Waals surface area contributed by atoms with Gasteiger partial charge in [0.15, 0.2) is 24.4 Å². The van der Waals surface area contributed by atoms with Crippen molar-refractivity contribution in [3.63, 3.8) is 0 Å². The summed E-state index contributed by atoms with van der Waals surface area (Å²) in [4.78, 5) is 62.7. The fraction of sp³-hybridized carbons (Fsp3) is 0.579. The van der Waals surface area contributed by atoms with Gasteiger partial charge in [-0.25, -0.2) is 4.98 Å². The summed E-state index contributed by atoms with van der Waals surface area (Å²) in [6.07, 6.45) is -5.61. The van der Waals surface area contributed by atoms with Crippen LogP contribution in [0, 0.1) is 6.92 Å². The van der Waals surface area contributed by atoms with E-state index in [9.17, 15) is 24.0 Å². The van der Waals surface area contributed by atoms with Crippen molar-refractivity contribution in [3.05, 3.63) is 16.1 Å². The molecule has 0 aliphatic carbocycles. The highest BCUT2D eigenvalue weighted by Gasteiger charge is 2.45. The van der Waals surface area contributed by atoms with Gasteiger partial charge in [-0.3, -0.25) is 24.0 Å². The molecule has 1 aromatic heterocycles. The van der Waals surface area contributed by atoms with Crippen molar-refractivity contribution >= 4 is 41.2 Å². The number of carbonyl (C=O) groups excluding carboxylic acids is 5. The van der Waals surface area contributed by atoms with Crippen LogP contribution >= 0.6 is 11.3 Å². The Labute approximate surface area is 183 Å². The Hall–Kier alpha value is -3.02. The van der Waals surface area contributed by atoms with E-state index < -0.39 is 60.9 Å². The molecule has 0 aliphatic heterocycles. The lowest BCUT2D eigenvalue weighted by molar-refractivity contribution is -0.203. The van der Waals surface area contributed by atoms with Gasteiger partial charge < -0.3 is 23.7 Å². The molecule has 0 saturated carbocycles. The number of ether oxygens (including phenoxy) is 5. The number of nitrogens with zero attached hydrogens (tertiary/aromatic N) is 1. The lowest BCUT2D eigenvalue weighted by Crippen LogP contribution is -2.50. The zero-order chi connectivity index (χ0) is 23.7. The van der Waals surface area contributed by atoms with E-state index in [1.807, 2.05) is 0 Å². The van der Waals surface area contributed by atoms with Gasteiger partial charge in [0.25, 0.3) is 0 Å². The molecular weight excluding hydrogens is 434 g/mol. The molecule has 11 nitrogen and oxygen atoms in total. The molecular formula is C19H25NO10S. The SMILES string of the molecule is CC(=O)OC[C@@H](OC(C)=O)[C@@H](OC(C)=O)[C@H](OC(C)=O)[C@@H](OC(C)=O)c1nc(C)cs1. The maximum Gasteiger partial charge on any atom is 0.303 e. The first-order valence-corrected chi connectivity index (χ1v) is 10.0. The van der Waals surface area contributed by atoms with Gasteiger partial charge in [-0.15, -0.1) is 11.3 Å². The van der Waals surface area contributed by atoms with Crippen LogP contribution in [-0.4, -0.2) is 59.7 Å². The highest BCUT2D eigenvalue weighted by atomic mass is 32.1. The first-order chi connectivity index (χ1) is 14.4. The van der Waals surface area contributed by atoms with E-state index in [1.54, 1.807) is 12.3 Å². The number of rotatable bonds is 10. The number of carbonyl (C=O) groups is 5. The Kier molecular flexibility index (Phi) is 10.1. The Bertz CT molecular complexity index is 820. The van der Waals surface area contributed by atoms with E-state index in [0.717, 1.165) is 46.0 Å². The van der Waals surface area contributed by atoms with Crippen LogP contribution in [-0.2, 0) is 47.7 Å². The predicted octanol–water partition coefficient (Wildman–Crippen LogP) is 1.41. The van der Waals surface area contributed by atoms with Crippen LogP contribution < -0.4 is 0 Å². The third kappa shape index (κ3) is 9.11. The predicted molar refractivity (Wildman–Crippen MR) is 105 cm³/mol. The molecule has 0 saturated heterocycles. The smallest absolute Gasteiger partial charge is 0.303 e. The molecule has 4 atom stereocenters. The lowest BCUT2D eigenvalue weighted by atomic mass is 10.0. The number of hydrogen-bond acceptors (Lipinski definition) is 12. The summed E-state index contributed by atoms with van der Waals surface area (Å²) in [5.74, 6) is -3.78. The quantitative estimate of drug-likeness (QED) is 0.370. The number of hydrogen-bond donors (Lipinski definition) is 0. The van der Waals surface area contributed by atoms with Crippen LogP contribution in [0.3, 0.4) is 0 Å². The van der Waals surface area contributed by atoms with Crippen molar-refractivity contribution in [1.29, 1.82) is 0 Å². The molecule has 0 aliphatic rings. The standard InChI is InChI=1S/C19H25NO10S/c1-9-8-31-19(20-9)18(30-14(6)25)17(29-13(5)24)16(28-12(4)23)15(27-11(3)22)7-26-10(2)21/h8,15-18H,7H2,1-6H3/t15-,16-,17+,18-/m1/s1. The summed E-state index contributed by atoms with van der Waals surface area (Å²) in [7, 11) is 0. The summed E-state index contributed by atoms with van der Waals surface area (Å²) in [6, 6.07) is 0. The third-order valence-electron chi connectivity index (χ3n) is 3.53. The largest absolute Gasteiger partial charge is 0.462 e. The fourth-order valence-electron chi connectivity index (χ4n) is 2.59. The molecule has 1 heterocycles. The maximum atomic E-state index is 11.9. The van der Waals surface area contributed by atoms with Gasteiger partial charge in [-0.2, -0.15) is 0 Å². The molecule has 0 fully saturated rings. The van der Waals surface area contributed by atoms with Gasteiger partial charge in [-0.05, 0) is 6.92 Å². The zero-order valence-electron chi connectivity index (χ0n) is 18.0. The van der Waals surface area contributed by atoms with Crippen molar-refractivity contribution in [2.75, 3.05) is 6.61 Å². The zero-order valence-corrected chi connectivity index (χ0v) is 18.8. The average molecular weight is 459 g/mol. The number of thiazole rings is 1. The summed E-state index contributed by atoms with van der Waals surface area (Å²) in [5.41, 5.74) is 0.610. The van der Waals surface area contributed by atoms with Gasteiger partial charge in [0.1, 0.15) is 11.6 Å². The molecule has 0 N–H and O–H groups in total. The molecule has 0 aromatic carbocycles. The van der Waals surface area contributed by atoms with Crippen molar-refractivity contribution in [2.24, 2.45) is 0 Å². The second-order valence-corrected chi connectivity index (χ2v) is 7.35. The lowest BCUT2D eigenvalue weighted by Gasteiger charge is -2.34. The number of aromatic nitrogens is 1. The molecule has 0 unspecified atom stereocenters. The summed E-state index contributed by atoms with van der Waals surface area (Å²) in [5, 5.41) is 1.94. The first-order valence-electron chi connectivity index (χ1n) is 9.15. The van der Waals surface area contributed by atoms with Gasteiger partial charge in [-0.1, -0.05) is 0 Å². The third-order valence-corrected chi connectivity index (χ3v) is 4.56. The van der Waals surface area contributed by atoms with Gasteiger partial charge in [0.2, 0.25) is 0 Å². The first kappa shape index (κ1) is 26.0. The highest BCUT2D eigenvalue weighted by Crippen LogP contribution is 2.32. The monoisotopic (exact) mass is 459 g/mol. The van der Waals surface area contributed by atoms with Crippen molar-refractivity contribution < 1.29 is 47.7 Å². The average Bonchev–Trinajstić information content (AvgIpc) is 3.05. The fourth-order valence-corrected chi connectivity index (χ4v) is 3.44. The van der Waals surface area contributed by atoms with E-state index in [4.69, 9.17) is 23.7 Å². The van der Waals surface area contributed by atoms with Crippen LogP contribution in [0.5, 0.6) is 0 Å². The Morgan fingerprint density at radius 3 is 1.74 bits per heavy atom. The van der Waals surface area contributed by atoms with E-state index in [0.29, 0.717) is 5.69 Å². The van der Waals surface area contributed by atoms with E-state index in [2.05, 4.69) is 4.98 Å². The minimum absolute atomic E-state index is 0.255. The number of esters is 5. The Morgan fingerprint density at radius 1 is 0.806 bits per heavy atom. The summed E-state index contributed by atoms with van der Waals surface area (Å²) in [6.45, 7) is 6.76.